The van der Waals surface area contributed by atoms with Crippen molar-refractivity contribution >= 4 is 0 Å². The van der Waals surface area contributed by atoms with Crippen LogP contribution in [0, 0.1) is 6.92 Å². The van der Waals surface area contributed by atoms with Crippen molar-refractivity contribution in [3.8, 4) is 0 Å². The second kappa shape index (κ2) is 11.6. The van der Waals surface area contributed by atoms with Crippen molar-refractivity contribution in [3.05, 3.63) is 35.4 Å². The van der Waals surface area contributed by atoms with E-state index in [1.165, 1.54) is 18.2 Å². The topological polar surface area (TPSA) is 41.6 Å². The standard InChI is InChI=1S/C9H11NO.2C2H6.CH5N.H2/c1-7-3-5-8(6-4-7)9-10(2)11-9;3*1-2;/h3-6,9H,1-2H3;2*1-2H3;2H2,1H3;1H. The Morgan fingerprint density at radius 2 is 1.41 bits per heavy atom. The molecule has 1 aliphatic heterocycles. The second-order valence-electron chi connectivity index (χ2n) is 2.91. The number of rotatable bonds is 1. The maximum atomic E-state index is 5.18. The Bertz CT molecular complexity index is 265. The van der Waals surface area contributed by atoms with Gasteiger partial charge in [-0.2, -0.15) is 5.06 Å². The predicted octanol–water partition coefficient (Wildman–Crippen LogP) is 3.74. The molecule has 1 aromatic rings. The Hall–Kier alpha value is -0.900. The van der Waals surface area contributed by atoms with Crippen molar-refractivity contribution < 1.29 is 6.26 Å². The Morgan fingerprint density at radius 1 is 1.06 bits per heavy atom. The van der Waals surface area contributed by atoms with Crippen molar-refractivity contribution in [1.29, 1.82) is 0 Å². The Morgan fingerprint density at radius 3 is 1.71 bits per heavy atom. The fraction of sp³-hybridized carbons (Fsp3) is 0.571. The first kappa shape index (κ1) is 18.5. The highest BCUT2D eigenvalue weighted by Gasteiger charge is 2.33. The number of nitrogens with zero attached hydrogens (tertiary/aromatic N) is 1. The average molecular weight is 242 g/mol. The zero-order chi connectivity index (χ0) is 13.8. The number of benzene rings is 1. The van der Waals surface area contributed by atoms with Crippen LogP contribution < -0.4 is 5.73 Å². The fourth-order valence-corrected chi connectivity index (χ4v) is 1.13. The molecule has 0 radical (unpaired) electrons. The average Bonchev–Trinajstić information content (AvgIpc) is 3.15. The lowest BCUT2D eigenvalue weighted by Crippen LogP contribution is -1.87. The van der Waals surface area contributed by atoms with Crippen molar-refractivity contribution in [2.45, 2.75) is 40.8 Å². The Balaban J connectivity index is -0.000000285. The zero-order valence-electron chi connectivity index (χ0n) is 12.3. The van der Waals surface area contributed by atoms with Gasteiger partial charge < -0.3 is 5.73 Å². The molecule has 0 amide bonds. The van der Waals surface area contributed by atoms with Crippen LogP contribution in [0.15, 0.2) is 24.3 Å². The van der Waals surface area contributed by atoms with E-state index in [0.717, 1.165) is 0 Å². The molecular weight excluding hydrogens is 212 g/mol. The molecule has 2 atom stereocenters. The highest BCUT2D eigenvalue weighted by Crippen LogP contribution is 2.34. The normalized spacial score (nSPS) is 19.5. The van der Waals surface area contributed by atoms with Gasteiger partial charge in [-0.05, 0) is 19.5 Å². The summed E-state index contributed by atoms with van der Waals surface area (Å²) in [5.41, 5.74) is 7.02. The molecule has 3 nitrogen and oxygen atoms in total. The summed E-state index contributed by atoms with van der Waals surface area (Å²) < 4.78 is 0. The number of nitrogens with two attached hydrogens (primary N) is 1. The molecule has 1 aromatic carbocycles. The minimum Gasteiger partial charge on any atom is -0.333 e. The van der Waals surface area contributed by atoms with Gasteiger partial charge in [0.25, 0.3) is 0 Å². The molecule has 0 saturated carbocycles. The van der Waals surface area contributed by atoms with Gasteiger partial charge in [-0.3, -0.25) is 4.84 Å². The first-order valence-electron chi connectivity index (χ1n) is 6.31. The highest BCUT2D eigenvalue weighted by molar-refractivity contribution is 5.23. The summed E-state index contributed by atoms with van der Waals surface area (Å²) in [5, 5.41) is 1.84. The van der Waals surface area contributed by atoms with E-state index in [4.69, 9.17) is 4.84 Å². The summed E-state index contributed by atoms with van der Waals surface area (Å²) in [6.07, 6.45) is 0.204. The van der Waals surface area contributed by atoms with Crippen LogP contribution in [0.3, 0.4) is 0 Å². The van der Waals surface area contributed by atoms with Gasteiger partial charge in [0.1, 0.15) is 0 Å². The van der Waals surface area contributed by atoms with Crippen LogP contribution in [0.25, 0.3) is 0 Å². The lowest BCUT2D eigenvalue weighted by Gasteiger charge is -1.94. The molecule has 0 spiro atoms. The lowest BCUT2D eigenvalue weighted by molar-refractivity contribution is 0.233. The minimum absolute atomic E-state index is 0. The first-order valence-corrected chi connectivity index (χ1v) is 6.31. The first-order chi connectivity index (χ1) is 8.27. The molecule has 3 heteroatoms. The van der Waals surface area contributed by atoms with Crippen molar-refractivity contribution in [2.75, 3.05) is 14.1 Å². The van der Waals surface area contributed by atoms with E-state index in [0.29, 0.717) is 0 Å². The number of aryl methyl sites for hydroxylation is 1. The van der Waals surface area contributed by atoms with Crippen molar-refractivity contribution in [1.82, 2.24) is 5.06 Å². The van der Waals surface area contributed by atoms with Crippen LogP contribution in [0.5, 0.6) is 0 Å². The van der Waals surface area contributed by atoms with E-state index in [9.17, 15) is 0 Å². The van der Waals surface area contributed by atoms with Crippen LogP contribution in [0.1, 0.15) is 46.5 Å². The van der Waals surface area contributed by atoms with Gasteiger partial charge in [-0.25, -0.2) is 0 Å². The monoisotopic (exact) mass is 242 g/mol. The van der Waals surface area contributed by atoms with E-state index in [-0.39, 0.29) is 7.65 Å². The van der Waals surface area contributed by atoms with Gasteiger partial charge in [0, 0.05) is 8.47 Å². The SMILES string of the molecule is CC.CC.CN.Cc1ccc(C2ON2C)cc1.[HH]. The van der Waals surface area contributed by atoms with Gasteiger partial charge in [0.2, 0.25) is 0 Å². The molecule has 17 heavy (non-hydrogen) atoms. The number of hydrogen-bond donors (Lipinski definition) is 1. The van der Waals surface area contributed by atoms with Crippen molar-refractivity contribution in [3.63, 3.8) is 0 Å². The zero-order valence-corrected chi connectivity index (χ0v) is 12.3. The van der Waals surface area contributed by atoms with E-state index >= 15 is 0 Å². The number of hydrogen-bond acceptors (Lipinski definition) is 3. The molecule has 2 unspecified atom stereocenters. The van der Waals surface area contributed by atoms with Gasteiger partial charge in [-0.1, -0.05) is 57.5 Å². The van der Waals surface area contributed by atoms with Crippen LogP contribution in [0.4, 0.5) is 0 Å². The van der Waals surface area contributed by atoms with E-state index in [2.05, 4.69) is 36.9 Å². The molecule has 0 aliphatic carbocycles. The summed E-state index contributed by atoms with van der Waals surface area (Å²) in [4.78, 5) is 5.18. The van der Waals surface area contributed by atoms with E-state index in [1.807, 2.05) is 39.8 Å². The minimum atomic E-state index is 0. The van der Waals surface area contributed by atoms with Crippen LogP contribution in [-0.2, 0) is 4.84 Å². The quantitative estimate of drug-likeness (QED) is 0.763. The summed E-state index contributed by atoms with van der Waals surface area (Å²) in [7, 11) is 3.44. The molecule has 0 bridgehead atoms. The highest BCUT2D eigenvalue weighted by atomic mass is 16.8. The maximum absolute atomic E-state index is 5.18. The second-order valence-corrected chi connectivity index (χ2v) is 2.91. The molecule has 0 aromatic heterocycles. The summed E-state index contributed by atoms with van der Waals surface area (Å²) in [6, 6.07) is 8.41. The molecule has 102 valence electrons. The summed E-state index contributed by atoms with van der Waals surface area (Å²) >= 11 is 0. The van der Waals surface area contributed by atoms with Crippen LogP contribution in [0.2, 0.25) is 0 Å². The van der Waals surface area contributed by atoms with Gasteiger partial charge >= 0.3 is 0 Å². The van der Waals surface area contributed by atoms with Crippen LogP contribution in [-0.4, -0.2) is 19.2 Å². The summed E-state index contributed by atoms with van der Waals surface area (Å²) in [6.45, 7) is 10.1. The van der Waals surface area contributed by atoms with Gasteiger partial charge in [-0.15, -0.1) is 0 Å². The van der Waals surface area contributed by atoms with Gasteiger partial charge in [0.15, 0.2) is 6.23 Å². The number of hydroxylamine groups is 2. The van der Waals surface area contributed by atoms with Gasteiger partial charge in [0.05, 0.1) is 0 Å². The third-order valence-corrected chi connectivity index (χ3v) is 1.91. The van der Waals surface area contributed by atoms with Crippen LogP contribution >= 0.6 is 0 Å². The smallest absolute Gasteiger partial charge is 0.179 e. The molecule has 2 N–H and O–H groups in total. The molecular formula is C14H30N2O. The summed E-state index contributed by atoms with van der Waals surface area (Å²) in [5.74, 6) is 0. The van der Waals surface area contributed by atoms with E-state index in [1.54, 1.807) is 0 Å². The predicted molar refractivity (Wildman–Crippen MR) is 77.7 cm³/mol. The lowest BCUT2D eigenvalue weighted by atomic mass is 10.1. The molecule has 1 fully saturated rings. The molecule has 1 saturated heterocycles. The maximum Gasteiger partial charge on any atom is 0.179 e. The largest absolute Gasteiger partial charge is 0.333 e. The van der Waals surface area contributed by atoms with Crippen molar-refractivity contribution in [2.24, 2.45) is 5.73 Å². The molecule has 1 aliphatic rings. The third kappa shape index (κ3) is 7.10. The Labute approximate surface area is 108 Å². The third-order valence-electron chi connectivity index (χ3n) is 1.91. The molecule has 1 heterocycles. The Kier molecular flexibility index (Phi) is 12.6. The molecule has 2 rings (SSSR count). The van der Waals surface area contributed by atoms with E-state index < -0.39 is 0 Å². The fourth-order valence-electron chi connectivity index (χ4n) is 1.13.